The number of carbonyl (C=O) groups excluding carboxylic acids is 2. The van der Waals surface area contributed by atoms with E-state index < -0.39 is 28.0 Å². The fourth-order valence-corrected chi connectivity index (χ4v) is 4.11. The van der Waals surface area contributed by atoms with Crippen molar-refractivity contribution in [2.24, 2.45) is 5.92 Å². The van der Waals surface area contributed by atoms with E-state index in [2.05, 4.69) is 4.72 Å². The minimum atomic E-state index is -3.57. The van der Waals surface area contributed by atoms with E-state index in [9.17, 15) is 18.0 Å². The average Bonchev–Trinajstić information content (AvgIpc) is 2.71. The van der Waals surface area contributed by atoms with E-state index in [1.54, 1.807) is 44.4 Å². The molecule has 1 amide bonds. The normalized spacial score (nSPS) is 18.3. The van der Waals surface area contributed by atoms with Crippen molar-refractivity contribution in [2.45, 2.75) is 24.2 Å². The number of rotatable bonds is 5. The molecular formula is C21H24N2O6S. The van der Waals surface area contributed by atoms with Gasteiger partial charge in [-0.2, -0.15) is 0 Å². The zero-order valence-electron chi connectivity index (χ0n) is 17.2. The molecular weight excluding hydrogens is 408 g/mol. The number of fused-ring (bicyclic) bond motifs is 1. The van der Waals surface area contributed by atoms with Crippen molar-refractivity contribution >= 4 is 22.1 Å². The largest absolute Gasteiger partial charge is 0.426 e. The Bertz CT molecular complexity index is 1080. The standard InChI is InChI=1S/C21H24N2O6S/c1-13-17-9-8-15(28-21(25)23(3)4)12-19(17)29-20(24)18(13)11-14-6-5-7-16(10-14)30(26,27)22-2/h5-10,12-13,18,22H,11H2,1-4H3. The van der Waals surface area contributed by atoms with E-state index in [1.165, 1.54) is 24.1 Å². The Kier molecular flexibility index (Phi) is 6.14. The van der Waals surface area contributed by atoms with Crippen molar-refractivity contribution in [3.8, 4) is 11.5 Å². The maximum Gasteiger partial charge on any atom is 0.414 e. The zero-order valence-corrected chi connectivity index (χ0v) is 18.0. The molecule has 2 aromatic carbocycles. The summed E-state index contributed by atoms with van der Waals surface area (Å²) in [5.41, 5.74) is 1.54. The Hall–Kier alpha value is -2.91. The van der Waals surface area contributed by atoms with Gasteiger partial charge >= 0.3 is 12.1 Å². The Morgan fingerprint density at radius 3 is 2.60 bits per heavy atom. The number of nitrogens with one attached hydrogen (secondary N) is 1. The van der Waals surface area contributed by atoms with E-state index in [0.29, 0.717) is 12.2 Å². The van der Waals surface area contributed by atoms with Crippen LogP contribution in [0.15, 0.2) is 47.4 Å². The Morgan fingerprint density at radius 1 is 1.20 bits per heavy atom. The number of carbonyl (C=O) groups is 2. The van der Waals surface area contributed by atoms with E-state index in [0.717, 1.165) is 11.1 Å². The number of benzene rings is 2. The maximum absolute atomic E-state index is 12.7. The van der Waals surface area contributed by atoms with Crippen molar-refractivity contribution in [1.82, 2.24) is 9.62 Å². The second-order valence-corrected chi connectivity index (χ2v) is 9.22. The summed E-state index contributed by atoms with van der Waals surface area (Å²) in [6.07, 6.45) is -0.191. The van der Waals surface area contributed by atoms with E-state index in [4.69, 9.17) is 9.47 Å². The monoisotopic (exact) mass is 432 g/mol. The third-order valence-corrected chi connectivity index (χ3v) is 6.51. The van der Waals surface area contributed by atoms with Gasteiger partial charge in [-0.1, -0.05) is 25.1 Å². The molecule has 30 heavy (non-hydrogen) atoms. The predicted octanol–water partition coefficient (Wildman–Crippen LogP) is 2.54. The quantitative estimate of drug-likeness (QED) is 0.575. The molecule has 1 N–H and O–H groups in total. The summed E-state index contributed by atoms with van der Waals surface area (Å²) < 4.78 is 37.1. The van der Waals surface area contributed by atoms with Crippen molar-refractivity contribution < 1.29 is 27.5 Å². The Morgan fingerprint density at radius 2 is 1.93 bits per heavy atom. The van der Waals surface area contributed by atoms with E-state index >= 15 is 0 Å². The van der Waals surface area contributed by atoms with Gasteiger partial charge in [0.2, 0.25) is 10.0 Å². The smallest absolute Gasteiger partial charge is 0.414 e. The summed E-state index contributed by atoms with van der Waals surface area (Å²) in [6.45, 7) is 1.92. The van der Waals surface area contributed by atoms with Gasteiger partial charge in [0.1, 0.15) is 11.5 Å². The molecule has 0 bridgehead atoms. The van der Waals surface area contributed by atoms with Crippen molar-refractivity contribution in [1.29, 1.82) is 0 Å². The molecule has 0 aromatic heterocycles. The first kappa shape index (κ1) is 21.8. The van der Waals surface area contributed by atoms with Gasteiger partial charge in [-0.15, -0.1) is 0 Å². The number of ether oxygens (including phenoxy) is 2. The van der Waals surface area contributed by atoms with Gasteiger partial charge < -0.3 is 14.4 Å². The van der Waals surface area contributed by atoms with Crippen LogP contribution in [0.1, 0.15) is 24.0 Å². The number of hydrogen-bond acceptors (Lipinski definition) is 6. The first-order chi connectivity index (χ1) is 14.1. The number of sulfonamides is 1. The summed E-state index contributed by atoms with van der Waals surface area (Å²) >= 11 is 0. The molecule has 0 spiro atoms. The fourth-order valence-electron chi connectivity index (χ4n) is 3.31. The van der Waals surface area contributed by atoms with Crippen molar-refractivity contribution in [3.05, 3.63) is 53.6 Å². The molecule has 8 nitrogen and oxygen atoms in total. The molecule has 160 valence electrons. The lowest BCUT2D eigenvalue weighted by molar-refractivity contribution is -0.141. The van der Waals surface area contributed by atoms with Crippen LogP contribution in [0.5, 0.6) is 11.5 Å². The highest BCUT2D eigenvalue weighted by Gasteiger charge is 2.35. The molecule has 9 heteroatoms. The summed E-state index contributed by atoms with van der Waals surface area (Å²) in [4.78, 5) is 25.9. The molecule has 0 aliphatic carbocycles. The van der Waals surface area contributed by atoms with Crippen LogP contribution in [-0.4, -0.2) is 46.5 Å². The van der Waals surface area contributed by atoms with Crippen molar-refractivity contribution in [2.75, 3.05) is 21.1 Å². The van der Waals surface area contributed by atoms with Crippen LogP contribution >= 0.6 is 0 Å². The molecule has 0 saturated carbocycles. The second kappa shape index (κ2) is 8.45. The third-order valence-electron chi connectivity index (χ3n) is 5.10. The van der Waals surface area contributed by atoms with Gasteiger partial charge in [0, 0.05) is 20.2 Å². The number of hydrogen-bond donors (Lipinski definition) is 1. The van der Waals surface area contributed by atoms with Crippen LogP contribution in [-0.2, 0) is 21.2 Å². The molecule has 3 rings (SSSR count). The lowest BCUT2D eigenvalue weighted by Crippen LogP contribution is -2.32. The molecule has 1 aliphatic rings. The molecule has 2 aromatic rings. The predicted molar refractivity (Wildman–Crippen MR) is 110 cm³/mol. The van der Waals surface area contributed by atoms with Crippen LogP contribution < -0.4 is 14.2 Å². The van der Waals surface area contributed by atoms with Crippen LogP contribution in [0.2, 0.25) is 0 Å². The highest BCUT2D eigenvalue weighted by Crippen LogP contribution is 2.40. The Labute approximate surface area is 175 Å². The topological polar surface area (TPSA) is 102 Å². The van der Waals surface area contributed by atoms with Crippen LogP contribution in [0.4, 0.5) is 4.79 Å². The average molecular weight is 432 g/mol. The SMILES string of the molecule is CNS(=O)(=O)c1cccc(CC2C(=O)Oc3cc(OC(=O)N(C)C)ccc3C2C)c1. The van der Waals surface area contributed by atoms with Gasteiger partial charge in [0.15, 0.2) is 0 Å². The van der Waals surface area contributed by atoms with E-state index in [1.807, 2.05) is 6.92 Å². The Balaban J connectivity index is 1.83. The molecule has 2 unspecified atom stereocenters. The van der Waals surface area contributed by atoms with Gasteiger partial charge in [0.05, 0.1) is 10.8 Å². The fraction of sp³-hybridized carbons (Fsp3) is 0.333. The van der Waals surface area contributed by atoms with Crippen LogP contribution in [0, 0.1) is 5.92 Å². The summed E-state index contributed by atoms with van der Waals surface area (Å²) in [5, 5.41) is 0. The minimum Gasteiger partial charge on any atom is -0.426 e. The molecule has 0 saturated heterocycles. The van der Waals surface area contributed by atoms with Crippen LogP contribution in [0.3, 0.4) is 0 Å². The van der Waals surface area contributed by atoms with Crippen LogP contribution in [0.25, 0.3) is 0 Å². The second-order valence-electron chi connectivity index (χ2n) is 7.34. The van der Waals surface area contributed by atoms with Gasteiger partial charge in [-0.25, -0.2) is 17.9 Å². The van der Waals surface area contributed by atoms with Crippen molar-refractivity contribution in [3.63, 3.8) is 0 Å². The highest BCUT2D eigenvalue weighted by atomic mass is 32.2. The maximum atomic E-state index is 12.7. The summed E-state index contributed by atoms with van der Waals surface area (Å²) in [7, 11) is 0.929. The summed E-state index contributed by atoms with van der Waals surface area (Å²) in [5.74, 6) is -0.396. The van der Waals surface area contributed by atoms with E-state index in [-0.39, 0.29) is 16.6 Å². The van der Waals surface area contributed by atoms with Gasteiger partial charge in [-0.05, 0) is 48.7 Å². The van der Waals surface area contributed by atoms with Gasteiger partial charge in [-0.3, -0.25) is 4.79 Å². The highest BCUT2D eigenvalue weighted by molar-refractivity contribution is 7.89. The lowest BCUT2D eigenvalue weighted by Gasteiger charge is -2.30. The number of nitrogens with zero attached hydrogens (tertiary/aromatic N) is 1. The molecule has 0 fully saturated rings. The third kappa shape index (κ3) is 4.47. The number of amides is 1. The lowest BCUT2D eigenvalue weighted by atomic mass is 9.81. The summed E-state index contributed by atoms with van der Waals surface area (Å²) in [6, 6.07) is 11.5. The zero-order chi connectivity index (χ0) is 22.1. The molecule has 1 heterocycles. The van der Waals surface area contributed by atoms with Gasteiger partial charge in [0.25, 0.3) is 0 Å². The molecule has 1 aliphatic heterocycles. The first-order valence-electron chi connectivity index (χ1n) is 9.39. The minimum absolute atomic E-state index is 0.145. The first-order valence-corrected chi connectivity index (χ1v) is 10.9. The molecule has 2 atom stereocenters. The number of esters is 1. The molecule has 0 radical (unpaired) electrons.